The van der Waals surface area contributed by atoms with Crippen LogP contribution in [0.2, 0.25) is 0 Å². The van der Waals surface area contributed by atoms with Crippen LogP contribution >= 0.6 is 0 Å². The number of amides is 1. The Morgan fingerprint density at radius 2 is 2.00 bits per heavy atom. The number of methoxy groups -OCH3 is 1. The maximum Gasteiger partial charge on any atom is 0.225 e. The van der Waals surface area contributed by atoms with E-state index in [1.165, 1.54) is 11.3 Å². The van der Waals surface area contributed by atoms with Crippen molar-refractivity contribution in [2.75, 3.05) is 33.8 Å². The Bertz CT molecular complexity index is 657. The Labute approximate surface area is 155 Å². The minimum absolute atomic E-state index is 0.181. The van der Waals surface area contributed by atoms with E-state index in [2.05, 4.69) is 21.8 Å². The highest BCUT2D eigenvalue weighted by Crippen LogP contribution is 2.31. The molecule has 2 fully saturated rings. The monoisotopic (exact) mass is 358 g/mol. The molecule has 1 saturated heterocycles. The summed E-state index contributed by atoms with van der Waals surface area (Å²) in [6.45, 7) is 3.62. The van der Waals surface area contributed by atoms with Gasteiger partial charge in [-0.3, -0.25) is 4.79 Å². The number of hydrogen-bond donors (Lipinski definition) is 0. The minimum atomic E-state index is 0.181. The summed E-state index contributed by atoms with van der Waals surface area (Å²) in [5.41, 5.74) is 2.46. The molecule has 0 aromatic carbocycles. The first-order valence-corrected chi connectivity index (χ1v) is 9.99. The minimum Gasteiger partial charge on any atom is -0.381 e. The number of nitrogens with zero attached hydrogens (tertiary/aromatic N) is 4. The molecule has 26 heavy (non-hydrogen) atoms. The maximum atomic E-state index is 12.9. The summed E-state index contributed by atoms with van der Waals surface area (Å²) in [7, 11) is 3.91. The zero-order valence-corrected chi connectivity index (χ0v) is 16.0. The highest BCUT2D eigenvalue weighted by molar-refractivity contribution is 5.79. The third-order valence-corrected chi connectivity index (χ3v) is 6.37. The van der Waals surface area contributed by atoms with Crippen LogP contribution in [0.25, 0.3) is 0 Å². The standard InChI is InChI=1S/C20H30N4O2/c1-23-9-8-18-16(12-23)11-21-19(22-18)15-7-10-24(13-15)20(25)14-3-5-17(26-2)6-4-14/h11,14-15,17H,3-10,12-13H2,1-2H3/t14?,15-,17?/m0/s1. The first-order chi connectivity index (χ1) is 12.6. The lowest BCUT2D eigenvalue weighted by molar-refractivity contribution is -0.136. The molecule has 1 amide bonds. The second-order valence-electron chi connectivity index (χ2n) is 8.17. The Morgan fingerprint density at radius 3 is 2.77 bits per heavy atom. The van der Waals surface area contributed by atoms with Gasteiger partial charge < -0.3 is 14.5 Å². The molecular formula is C20H30N4O2. The van der Waals surface area contributed by atoms with Gasteiger partial charge in [0.2, 0.25) is 5.91 Å². The second-order valence-corrected chi connectivity index (χ2v) is 8.17. The molecule has 1 aromatic rings. The molecular weight excluding hydrogens is 328 g/mol. The molecule has 4 rings (SSSR count). The van der Waals surface area contributed by atoms with Gasteiger partial charge in [0.15, 0.2) is 0 Å². The third-order valence-electron chi connectivity index (χ3n) is 6.37. The van der Waals surface area contributed by atoms with Gasteiger partial charge in [-0.1, -0.05) is 0 Å². The van der Waals surface area contributed by atoms with Crippen LogP contribution in [0.5, 0.6) is 0 Å². The van der Waals surface area contributed by atoms with E-state index in [1.54, 1.807) is 7.11 Å². The number of carbonyl (C=O) groups excluding carboxylic acids is 1. The van der Waals surface area contributed by atoms with Gasteiger partial charge in [-0.15, -0.1) is 0 Å². The van der Waals surface area contributed by atoms with Crippen LogP contribution in [-0.4, -0.2) is 65.6 Å². The van der Waals surface area contributed by atoms with Crippen LogP contribution in [0.1, 0.15) is 55.1 Å². The quantitative estimate of drug-likeness (QED) is 0.827. The fourth-order valence-corrected chi connectivity index (χ4v) is 4.64. The zero-order chi connectivity index (χ0) is 18.1. The highest BCUT2D eigenvalue weighted by Gasteiger charge is 2.35. The summed E-state index contributed by atoms with van der Waals surface area (Å²) in [5, 5.41) is 0. The van der Waals surface area contributed by atoms with E-state index in [-0.39, 0.29) is 5.92 Å². The van der Waals surface area contributed by atoms with Crippen LogP contribution in [0, 0.1) is 5.92 Å². The van der Waals surface area contributed by atoms with E-state index >= 15 is 0 Å². The number of ether oxygens (including phenoxy) is 1. The molecule has 3 aliphatic rings. The van der Waals surface area contributed by atoms with Gasteiger partial charge in [0, 0.05) is 69.0 Å². The molecule has 6 nitrogen and oxygen atoms in total. The number of hydrogen-bond acceptors (Lipinski definition) is 5. The van der Waals surface area contributed by atoms with E-state index < -0.39 is 0 Å². The van der Waals surface area contributed by atoms with Crippen LogP contribution in [-0.2, 0) is 22.5 Å². The molecule has 0 N–H and O–H groups in total. The van der Waals surface area contributed by atoms with Gasteiger partial charge in [0.25, 0.3) is 0 Å². The molecule has 2 aliphatic heterocycles. The van der Waals surface area contributed by atoms with E-state index in [0.717, 1.165) is 70.5 Å². The molecule has 1 aromatic heterocycles. The van der Waals surface area contributed by atoms with Crippen molar-refractivity contribution in [3.05, 3.63) is 23.3 Å². The van der Waals surface area contributed by atoms with E-state index in [9.17, 15) is 4.79 Å². The summed E-state index contributed by atoms with van der Waals surface area (Å²) in [4.78, 5) is 26.7. The third kappa shape index (κ3) is 3.62. The van der Waals surface area contributed by atoms with Crippen molar-refractivity contribution in [1.29, 1.82) is 0 Å². The van der Waals surface area contributed by atoms with Gasteiger partial charge in [0.1, 0.15) is 5.82 Å². The molecule has 3 heterocycles. The molecule has 0 radical (unpaired) electrons. The zero-order valence-electron chi connectivity index (χ0n) is 16.0. The Hall–Kier alpha value is -1.53. The lowest BCUT2D eigenvalue weighted by atomic mass is 9.86. The summed E-state index contributed by atoms with van der Waals surface area (Å²) >= 11 is 0. The lowest BCUT2D eigenvalue weighted by Gasteiger charge is -2.29. The number of rotatable bonds is 3. The highest BCUT2D eigenvalue weighted by atomic mass is 16.5. The van der Waals surface area contributed by atoms with Crippen molar-refractivity contribution >= 4 is 5.91 Å². The Morgan fingerprint density at radius 1 is 1.19 bits per heavy atom. The number of likely N-dealkylation sites (N-methyl/N-ethyl adjacent to an activating group) is 1. The molecule has 0 bridgehead atoms. The van der Waals surface area contributed by atoms with Crippen LogP contribution < -0.4 is 0 Å². The van der Waals surface area contributed by atoms with Crippen molar-refractivity contribution in [3.8, 4) is 0 Å². The largest absolute Gasteiger partial charge is 0.381 e. The normalized spacial score (nSPS) is 29.6. The van der Waals surface area contributed by atoms with E-state index in [4.69, 9.17) is 9.72 Å². The fourth-order valence-electron chi connectivity index (χ4n) is 4.64. The van der Waals surface area contributed by atoms with Crippen LogP contribution in [0.15, 0.2) is 6.20 Å². The van der Waals surface area contributed by atoms with Gasteiger partial charge >= 0.3 is 0 Å². The fraction of sp³-hybridized carbons (Fsp3) is 0.750. The first-order valence-electron chi connectivity index (χ1n) is 9.99. The van der Waals surface area contributed by atoms with Crippen molar-refractivity contribution in [1.82, 2.24) is 19.8 Å². The number of likely N-dealkylation sites (tertiary alicyclic amines) is 1. The number of carbonyl (C=O) groups is 1. The number of aromatic nitrogens is 2. The van der Waals surface area contributed by atoms with Crippen molar-refractivity contribution < 1.29 is 9.53 Å². The SMILES string of the molecule is COC1CCC(C(=O)N2CC[C@H](c3ncc4c(n3)CCN(C)C4)C2)CC1. The molecule has 6 heteroatoms. The smallest absolute Gasteiger partial charge is 0.225 e. The Balaban J connectivity index is 1.37. The summed E-state index contributed by atoms with van der Waals surface area (Å²) in [5.74, 6) is 1.74. The predicted octanol–water partition coefficient (Wildman–Crippen LogP) is 1.99. The van der Waals surface area contributed by atoms with Crippen molar-refractivity contribution in [2.45, 2.75) is 57.1 Å². The molecule has 1 aliphatic carbocycles. The van der Waals surface area contributed by atoms with Gasteiger partial charge in [-0.05, 0) is 39.2 Å². The summed E-state index contributed by atoms with van der Waals surface area (Å²) in [6.07, 6.45) is 8.26. The average Bonchev–Trinajstić information content (AvgIpc) is 3.17. The molecule has 0 unspecified atom stereocenters. The number of fused-ring (bicyclic) bond motifs is 1. The van der Waals surface area contributed by atoms with E-state index in [1.807, 2.05) is 6.20 Å². The Kier molecular flexibility index (Phi) is 5.23. The summed E-state index contributed by atoms with van der Waals surface area (Å²) < 4.78 is 5.43. The van der Waals surface area contributed by atoms with E-state index in [0.29, 0.717) is 17.9 Å². The summed E-state index contributed by atoms with van der Waals surface area (Å²) in [6, 6.07) is 0. The van der Waals surface area contributed by atoms with Gasteiger partial charge in [0.05, 0.1) is 6.10 Å². The topological polar surface area (TPSA) is 58.6 Å². The molecule has 142 valence electrons. The maximum absolute atomic E-state index is 12.9. The molecule has 1 atom stereocenters. The van der Waals surface area contributed by atoms with Gasteiger partial charge in [-0.25, -0.2) is 9.97 Å². The second kappa shape index (κ2) is 7.61. The van der Waals surface area contributed by atoms with Gasteiger partial charge in [-0.2, -0.15) is 0 Å². The molecule has 0 spiro atoms. The average molecular weight is 358 g/mol. The predicted molar refractivity (Wildman–Crippen MR) is 98.8 cm³/mol. The van der Waals surface area contributed by atoms with Crippen molar-refractivity contribution in [2.24, 2.45) is 5.92 Å². The molecule has 1 saturated carbocycles. The lowest BCUT2D eigenvalue weighted by Crippen LogP contribution is -2.37. The van der Waals surface area contributed by atoms with Crippen molar-refractivity contribution in [3.63, 3.8) is 0 Å². The van der Waals surface area contributed by atoms with Crippen LogP contribution in [0.3, 0.4) is 0 Å². The first kappa shape index (κ1) is 17.9. The van der Waals surface area contributed by atoms with Crippen LogP contribution in [0.4, 0.5) is 0 Å².